The molecule has 0 aromatic rings. The van der Waals surface area contributed by atoms with Gasteiger partial charge in [0.05, 0.1) is 5.60 Å². The fourth-order valence-corrected chi connectivity index (χ4v) is 2.10. The van der Waals surface area contributed by atoms with E-state index in [-0.39, 0.29) is 5.92 Å². The Bertz CT molecular complexity index is 284. The number of β-amino-alcohol motifs (C(OH)–C–C–N with tert-alkyl or cyclic N) is 1. The van der Waals surface area contributed by atoms with Crippen LogP contribution in [0.25, 0.3) is 0 Å². The van der Waals surface area contributed by atoms with E-state index in [1.165, 1.54) is 0 Å². The molecular formula is C13H26N2O3. The molecule has 2 N–H and O–H groups in total. The fraction of sp³-hybridized carbons (Fsp3) is 0.923. The Balaban J connectivity index is 2.43. The van der Waals surface area contributed by atoms with Crippen LogP contribution < -0.4 is 0 Å². The van der Waals surface area contributed by atoms with Crippen molar-refractivity contribution in [1.29, 1.82) is 0 Å². The van der Waals surface area contributed by atoms with Gasteiger partial charge in [0.25, 0.3) is 0 Å². The molecule has 1 rings (SSSR count). The number of rotatable bonds is 5. The van der Waals surface area contributed by atoms with E-state index in [4.69, 9.17) is 5.11 Å². The molecule has 0 aliphatic carbocycles. The SMILES string of the molecule is CC(C(=O)O)N1CCN(CC(C)(O)C(C)C)CC1. The molecular weight excluding hydrogens is 232 g/mol. The Morgan fingerprint density at radius 2 is 1.72 bits per heavy atom. The third-order valence-corrected chi connectivity index (χ3v) is 4.10. The molecule has 0 amide bonds. The van der Waals surface area contributed by atoms with E-state index in [0.717, 1.165) is 26.2 Å². The molecule has 1 aliphatic heterocycles. The summed E-state index contributed by atoms with van der Waals surface area (Å²) in [7, 11) is 0. The maximum absolute atomic E-state index is 10.9. The Morgan fingerprint density at radius 1 is 1.22 bits per heavy atom. The molecule has 1 saturated heterocycles. The minimum atomic E-state index is -0.766. The van der Waals surface area contributed by atoms with Gasteiger partial charge >= 0.3 is 5.97 Å². The van der Waals surface area contributed by atoms with Crippen LogP contribution in [0.2, 0.25) is 0 Å². The molecule has 18 heavy (non-hydrogen) atoms. The van der Waals surface area contributed by atoms with Crippen molar-refractivity contribution in [2.24, 2.45) is 5.92 Å². The number of aliphatic carboxylic acids is 1. The normalized spacial score (nSPS) is 23.9. The predicted molar refractivity (Wildman–Crippen MR) is 70.6 cm³/mol. The number of hydrogen-bond donors (Lipinski definition) is 2. The molecule has 1 fully saturated rings. The molecule has 1 aliphatic rings. The highest BCUT2D eigenvalue weighted by atomic mass is 16.4. The highest BCUT2D eigenvalue weighted by Crippen LogP contribution is 2.18. The molecule has 1 heterocycles. The molecule has 5 heteroatoms. The van der Waals surface area contributed by atoms with Gasteiger partial charge in [-0.1, -0.05) is 13.8 Å². The van der Waals surface area contributed by atoms with Crippen LogP contribution >= 0.6 is 0 Å². The van der Waals surface area contributed by atoms with Gasteiger partial charge in [0, 0.05) is 32.7 Å². The standard InChI is InChI=1S/C13H26N2O3/c1-10(2)13(4,18)9-14-5-7-15(8-6-14)11(3)12(16)17/h10-11,18H,5-9H2,1-4H3,(H,16,17). The van der Waals surface area contributed by atoms with Crippen LogP contribution in [-0.2, 0) is 4.79 Å². The summed E-state index contributed by atoms with van der Waals surface area (Å²) in [6, 6.07) is -0.419. The average molecular weight is 258 g/mol. The minimum Gasteiger partial charge on any atom is -0.480 e. The quantitative estimate of drug-likeness (QED) is 0.751. The predicted octanol–water partition coefficient (Wildman–Crippen LogP) is 0.484. The second-order valence-corrected chi connectivity index (χ2v) is 5.84. The summed E-state index contributed by atoms with van der Waals surface area (Å²) >= 11 is 0. The first kappa shape index (κ1) is 15.4. The molecule has 2 unspecified atom stereocenters. The largest absolute Gasteiger partial charge is 0.480 e. The van der Waals surface area contributed by atoms with Crippen molar-refractivity contribution in [1.82, 2.24) is 9.80 Å². The fourth-order valence-electron chi connectivity index (χ4n) is 2.10. The van der Waals surface area contributed by atoms with E-state index in [2.05, 4.69) is 4.90 Å². The maximum Gasteiger partial charge on any atom is 0.320 e. The summed E-state index contributed by atoms with van der Waals surface area (Å²) in [4.78, 5) is 15.1. The van der Waals surface area contributed by atoms with Gasteiger partial charge in [-0.3, -0.25) is 14.6 Å². The lowest BCUT2D eigenvalue weighted by atomic mass is 9.92. The van der Waals surface area contributed by atoms with Gasteiger partial charge in [0.1, 0.15) is 6.04 Å². The molecule has 0 spiro atoms. The Labute approximate surface area is 109 Å². The van der Waals surface area contributed by atoms with E-state index in [0.29, 0.717) is 6.54 Å². The minimum absolute atomic E-state index is 0.216. The Kier molecular flexibility index (Phi) is 5.13. The van der Waals surface area contributed by atoms with Crippen molar-refractivity contribution in [2.75, 3.05) is 32.7 Å². The first-order valence-corrected chi connectivity index (χ1v) is 6.65. The van der Waals surface area contributed by atoms with Crippen molar-refractivity contribution in [3.8, 4) is 0 Å². The van der Waals surface area contributed by atoms with Crippen molar-refractivity contribution in [3.63, 3.8) is 0 Å². The van der Waals surface area contributed by atoms with Crippen LogP contribution in [0.3, 0.4) is 0 Å². The zero-order valence-electron chi connectivity index (χ0n) is 11.9. The number of carbonyl (C=O) groups is 1. The summed E-state index contributed by atoms with van der Waals surface area (Å²) in [6.45, 7) is 11.4. The molecule has 0 saturated carbocycles. The monoisotopic (exact) mass is 258 g/mol. The summed E-state index contributed by atoms with van der Waals surface area (Å²) < 4.78 is 0. The van der Waals surface area contributed by atoms with Crippen LogP contribution in [0.1, 0.15) is 27.7 Å². The van der Waals surface area contributed by atoms with Gasteiger partial charge in [-0.25, -0.2) is 0 Å². The highest BCUT2D eigenvalue weighted by Gasteiger charge is 2.31. The molecule has 0 aromatic carbocycles. The van der Waals surface area contributed by atoms with Gasteiger partial charge in [-0.05, 0) is 19.8 Å². The van der Waals surface area contributed by atoms with Crippen molar-refractivity contribution in [2.45, 2.75) is 39.3 Å². The number of hydrogen-bond acceptors (Lipinski definition) is 4. The van der Waals surface area contributed by atoms with E-state index in [1.54, 1.807) is 6.92 Å². The summed E-state index contributed by atoms with van der Waals surface area (Å²) in [5.41, 5.74) is -0.680. The van der Waals surface area contributed by atoms with Gasteiger partial charge in [0.15, 0.2) is 0 Å². The molecule has 2 atom stereocenters. The van der Waals surface area contributed by atoms with E-state index < -0.39 is 17.6 Å². The molecule has 0 aromatic heterocycles. The first-order valence-electron chi connectivity index (χ1n) is 6.65. The average Bonchev–Trinajstić information content (AvgIpc) is 2.28. The van der Waals surface area contributed by atoms with Gasteiger partial charge in [-0.2, -0.15) is 0 Å². The zero-order chi connectivity index (χ0) is 13.9. The van der Waals surface area contributed by atoms with Crippen LogP contribution in [-0.4, -0.2) is 70.3 Å². The topological polar surface area (TPSA) is 64.0 Å². The van der Waals surface area contributed by atoms with E-state index in [9.17, 15) is 9.90 Å². The molecule has 0 radical (unpaired) electrons. The summed E-state index contributed by atoms with van der Waals surface area (Å²) in [6.07, 6.45) is 0. The molecule has 5 nitrogen and oxygen atoms in total. The Hall–Kier alpha value is -0.650. The summed E-state index contributed by atoms with van der Waals surface area (Å²) in [5, 5.41) is 19.2. The van der Waals surface area contributed by atoms with Crippen molar-refractivity contribution >= 4 is 5.97 Å². The lowest BCUT2D eigenvalue weighted by Gasteiger charge is -2.40. The van der Waals surface area contributed by atoms with Crippen LogP contribution in [0.4, 0.5) is 0 Å². The Morgan fingerprint density at radius 3 is 2.11 bits per heavy atom. The number of carboxylic acid groups (broad SMARTS) is 1. The van der Waals surface area contributed by atoms with Crippen molar-refractivity contribution in [3.05, 3.63) is 0 Å². The zero-order valence-corrected chi connectivity index (χ0v) is 11.9. The highest BCUT2D eigenvalue weighted by molar-refractivity contribution is 5.72. The molecule has 0 bridgehead atoms. The first-order chi connectivity index (χ1) is 8.24. The van der Waals surface area contributed by atoms with Crippen molar-refractivity contribution < 1.29 is 15.0 Å². The number of aliphatic hydroxyl groups is 1. The van der Waals surface area contributed by atoms with E-state index >= 15 is 0 Å². The van der Waals surface area contributed by atoms with Crippen LogP contribution in [0.5, 0.6) is 0 Å². The van der Waals surface area contributed by atoms with E-state index in [1.807, 2.05) is 25.7 Å². The third-order valence-electron chi connectivity index (χ3n) is 4.10. The maximum atomic E-state index is 10.9. The third kappa shape index (κ3) is 3.93. The number of nitrogens with zero attached hydrogens (tertiary/aromatic N) is 2. The van der Waals surface area contributed by atoms with Gasteiger partial charge in [-0.15, -0.1) is 0 Å². The number of piperazine rings is 1. The molecule has 106 valence electrons. The van der Waals surface area contributed by atoms with Gasteiger partial charge in [0.2, 0.25) is 0 Å². The second kappa shape index (κ2) is 5.99. The van der Waals surface area contributed by atoms with Gasteiger partial charge < -0.3 is 10.2 Å². The summed E-state index contributed by atoms with van der Waals surface area (Å²) in [5.74, 6) is -0.550. The number of carboxylic acids is 1. The lowest BCUT2D eigenvalue weighted by molar-refractivity contribution is -0.143. The second-order valence-electron chi connectivity index (χ2n) is 5.84. The lowest BCUT2D eigenvalue weighted by Crippen LogP contribution is -2.55. The van der Waals surface area contributed by atoms with Crippen LogP contribution in [0.15, 0.2) is 0 Å². The smallest absolute Gasteiger partial charge is 0.320 e. The van der Waals surface area contributed by atoms with Crippen LogP contribution in [0, 0.1) is 5.92 Å².